The number of halogens is 1. The number of carbonyl (C=O) groups is 2. The zero-order valence-electron chi connectivity index (χ0n) is 13.2. The highest BCUT2D eigenvalue weighted by atomic mass is 32.2. The van der Waals surface area contributed by atoms with Crippen molar-refractivity contribution in [1.29, 1.82) is 0 Å². The Morgan fingerprint density at radius 2 is 1.96 bits per heavy atom. The van der Waals surface area contributed by atoms with Gasteiger partial charge in [0.2, 0.25) is 16.9 Å². The zero-order chi connectivity index (χ0) is 17.5. The molecule has 0 aliphatic carbocycles. The van der Waals surface area contributed by atoms with Gasteiger partial charge in [0.15, 0.2) is 0 Å². The molecule has 0 fully saturated rings. The zero-order valence-corrected chi connectivity index (χ0v) is 14.8. The van der Waals surface area contributed by atoms with Crippen LogP contribution >= 0.6 is 23.1 Å². The normalized spacial score (nSPS) is 11.8. The molecule has 0 radical (unpaired) electrons. The molecule has 0 aliphatic rings. The van der Waals surface area contributed by atoms with Crippen LogP contribution in [0, 0.1) is 5.82 Å². The van der Waals surface area contributed by atoms with E-state index in [4.69, 9.17) is 0 Å². The quantitative estimate of drug-likeness (QED) is 0.785. The molecule has 0 saturated heterocycles. The number of anilines is 2. The van der Waals surface area contributed by atoms with Crippen molar-refractivity contribution in [3.63, 3.8) is 0 Å². The molecule has 1 atom stereocenters. The maximum absolute atomic E-state index is 12.8. The van der Waals surface area contributed by atoms with Crippen molar-refractivity contribution < 1.29 is 14.0 Å². The molecule has 0 bridgehead atoms. The van der Waals surface area contributed by atoms with Crippen molar-refractivity contribution >= 4 is 45.7 Å². The van der Waals surface area contributed by atoms with Crippen LogP contribution in [-0.4, -0.2) is 33.0 Å². The Kier molecular flexibility index (Phi) is 6.68. The van der Waals surface area contributed by atoms with Crippen LogP contribution in [0.5, 0.6) is 0 Å². The van der Waals surface area contributed by atoms with Crippen LogP contribution in [0.3, 0.4) is 0 Å². The van der Waals surface area contributed by atoms with Crippen LogP contribution < -0.4 is 10.6 Å². The number of nitrogens with one attached hydrogen (secondary N) is 2. The van der Waals surface area contributed by atoms with E-state index in [1.165, 1.54) is 47.4 Å². The number of hydrogen-bond acceptors (Lipinski definition) is 6. The average Bonchev–Trinajstić information content (AvgIpc) is 3.02. The summed E-state index contributed by atoms with van der Waals surface area (Å²) < 4.78 is 12.8. The van der Waals surface area contributed by atoms with Gasteiger partial charge in [0.05, 0.1) is 11.0 Å². The van der Waals surface area contributed by atoms with Crippen molar-refractivity contribution in [3.05, 3.63) is 35.1 Å². The molecular formula is C15H17FN4O2S2. The Morgan fingerprint density at radius 1 is 1.25 bits per heavy atom. The van der Waals surface area contributed by atoms with Crippen LogP contribution in [-0.2, 0) is 16.0 Å². The van der Waals surface area contributed by atoms with E-state index in [2.05, 4.69) is 20.8 Å². The standard InChI is InChI=1S/C15H17FN4O2S2/c1-3-13-19-20-15(24-13)18-14(22)9(2)23-8-12(21)17-11-6-4-10(16)5-7-11/h4-7,9H,3,8H2,1-2H3,(H,17,21)(H,18,20,22). The summed E-state index contributed by atoms with van der Waals surface area (Å²) in [5.41, 5.74) is 0.514. The SMILES string of the molecule is CCc1nnc(NC(=O)C(C)SCC(=O)Nc2ccc(F)cc2)s1. The summed E-state index contributed by atoms with van der Waals surface area (Å²) in [5.74, 6) is -0.734. The Hall–Kier alpha value is -2.00. The molecule has 1 unspecified atom stereocenters. The molecule has 128 valence electrons. The van der Waals surface area contributed by atoms with E-state index in [0.29, 0.717) is 10.8 Å². The van der Waals surface area contributed by atoms with Crippen LogP contribution in [0.4, 0.5) is 15.2 Å². The van der Waals surface area contributed by atoms with Gasteiger partial charge in [0.25, 0.3) is 0 Å². The van der Waals surface area contributed by atoms with E-state index in [1.807, 2.05) is 6.92 Å². The van der Waals surface area contributed by atoms with Crippen LogP contribution in [0.25, 0.3) is 0 Å². The molecule has 2 aromatic rings. The lowest BCUT2D eigenvalue weighted by Gasteiger charge is -2.10. The molecule has 24 heavy (non-hydrogen) atoms. The minimum Gasteiger partial charge on any atom is -0.325 e. The predicted molar refractivity (Wildman–Crippen MR) is 94.9 cm³/mol. The number of carbonyl (C=O) groups excluding carboxylic acids is 2. The third kappa shape index (κ3) is 5.57. The molecule has 1 aromatic heterocycles. The first-order valence-electron chi connectivity index (χ1n) is 7.28. The van der Waals surface area contributed by atoms with Crippen molar-refractivity contribution in [2.45, 2.75) is 25.5 Å². The van der Waals surface area contributed by atoms with Gasteiger partial charge in [-0.05, 0) is 37.6 Å². The van der Waals surface area contributed by atoms with Crippen molar-refractivity contribution in [1.82, 2.24) is 10.2 Å². The first-order chi connectivity index (χ1) is 11.5. The molecule has 0 saturated carbocycles. The average molecular weight is 368 g/mol. The Labute approximate surface area is 147 Å². The fourth-order valence-corrected chi connectivity index (χ4v) is 3.03. The minimum absolute atomic E-state index is 0.113. The third-order valence-corrected chi connectivity index (χ3v) is 5.09. The van der Waals surface area contributed by atoms with E-state index in [-0.39, 0.29) is 23.4 Å². The fraction of sp³-hybridized carbons (Fsp3) is 0.333. The summed E-state index contributed by atoms with van der Waals surface area (Å²) in [6.45, 7) is 3.68. The maximum atomic E-state index is 12.8. The number of aryl methyl sites for hydroxylation is 1. The Morgan fingerprint density at radius 3 is 2.58 bits per heavy atom. The monoisotopic (exact) mass is 368 g/mol. The number of amides is 2. The van der Waals surface area contributed by atoms with Crippen molar-refractivity contribution in [3.8, 4) is 0 Å². The number of thioether (sulfide) groups is 1. The molecular weight excluding hydrogens is 351 g/mol. The minimum atomic E-state index is -0.419. The van der Waals surface area contributed by atoms with Gasteiger partial charge >= 0.3 is 0 Å². The Balaban J connectivity index is 1.76. The Bertz CT molecular complexity index is 706. The smallest absolute Gasteiger partial charge is 0.239 e. The summed E-state index contributed by atoms with van der Waals surface area (Å²) in [7, 11) is 0. The molecule has 0 spiro atoms. The van der Waals surface area contributed by atoms with Crippen LogP contribution in [0.1, 0.15) is 18.9 Å². The lowest BCUT2D eigenvalue weighted by Crippen LogP contribution is -2.25. The highest BCUT2D eigenvalue weighted by molar-refractivity contribution is 8.01. The van der Waals surface area contributed by atoms with E-state index < -0.39 is 5.25 Å². The molecule has 2 rings (SSSR count). The van der Waals surface area contributed by atoms with Gasteiger partial charge in [-0.3, -0.25) is 14.9 Å². The van der Waals surface area contributed by atoms with Crippen molar-refractivity contribution in [2.75, 3.05) is 16.4 Å². The molecule has 1 heterocycles. The lowest BCUT2D eigenvalue weighted by atomic mass is 10.3. The summed E-state index contributed by atoms with van der Waals surface area (Å²) in [5, 5.41) is 14.0. The van der Waals surface area contributed by atoms with Gasteiger partial charge in [0.1, 0.15) is 10.8 Å². The van der Waals surface area contributed by atoms with Gasteiger partial charge in [0, 0.05) is 5.69 Å². The predicted octanol–water partition coefficient (Wildman–Crippen LogP) is 2.94. The molecule has 2 N–H and O–H groups in total. The number of nitrogens with zero attached hydrogens (tertiary/aromatic N) is 2. The highest BCUT2D eigenvalue weighted by Crippen LogP contribution is 2.18. The molecule has 2 amide bonds. The second kappa shape index (κ2) is 8.74. The van der Waals surface area contributed by atoms with Gasteiger partial charge in [-0.25, -0.2) is 4.39 Å². The number of benzene rings is 1. The third-order valence-electron chi connectivity index (χ3n) is 2.96. The van der Waals surface area contributed by atoms with E-state index in [1.54, 1.807) is 6.92 Å². The van der Waals surface area contributed by atoms with Gasteiger partial charge < -0.3 is 5.32 Å². The fourth-order valence-electron chi connectivity index (χ4n) is 1.66. The van der Waals surface area contributed by atoms with E-state index in [0.717, 1.165) is 11.4 Å². The van der Waals surface area contributed by atoms with Crippen LogP contribution in [0.2, 0.25) is 0 Å². The van der Waals surface area contributed by atoms with Gasteiger partial charge in [-0.1, -0.05) is 18.3 Å². The molecule has 9 heteroatoms. The van der Waals surface area contributed by atoms with E-state index in [9.17, 15) is 14.0 Å². The lowest BCUT2D eigenvalue weighted by molar-refractivity contribution is -0.115. The topological polar surface area (TPSA) is 84.0 Å². The van der Waals surface area contributed by atoms with Crippen LogP contribution in [0.15, 0.2) is 24.3 Å². The first kappa shape index (κ1) is 18.3. The first-order valence-corrected chi connectivity index (χ1v) is 9.14. The number of hydrogen-bond donors (Lipinski definition) is 2. The van der Waals surface area contributed by atoms with E-state index >= 15 is 0 Å². The summed E-state index contributed by atoms with van der Waals surface area (Å²) in [6.07, 6.45) is 0.765. The number of rotatable bonds is 7. The maximum Gasteiger partial charge on any atom is 0.239 e. The van der Waals surface area contributed by atoms with Gasteiger partial charge in [-0.15, -0.1) is 22.0 Å². The summed E-state index contributed by atoms with van der Waals surface area (Å²) in [6, 6.07) is 5.50. The number of aromatic nitrogens is 2. The molecule has 1 aromatic carbocycles. The highest BCUT2D eigenvalue weighted by Gasteiger charge is 2.17. The van der Waals surface area contributed by atoms with Crippen molar-refractivity contribution in [2.24, 2.45) is 0 Å². The summed E-state index contributed by atoms with van der Waals surface area (Å²) >= 11 is 2.54. The second-order valence-electron chi connectivity index (χ2n) is 4.85. The largest absolute Gasteiger partial charge is 0.325 e. The molecule has 0 aliphatic heterocycles. The van der Waals surface area contributed by atoms with Gasteiger partial charge in [-0.2, -0.15) is 0 Å². The summed E-state index contributed by atoms with van der Waals surface area (Å²) in [4.78, 5) is 23.9. The molecule has 6 nitrogen and oxygen atoms in total. The second-order valence-corrected chi connectivity index (χ2v) is 7.24.